The van der Waals surface area contributed by atoms with Gasteiger partial charge in [-0.05, 0) is 56.2 Å². The zero-order valence-corrected chi connectivity index (χ0v) is 16.8. The summed E-state index contributed by atoms with van der Waals surface area (Å²) in [7, 11) is 0. The van der Waals surface area contributed by atoms with Crippen LogP contribution in [0.25, 0.3) is 0 Å². The molecule has 0 bridgehead atoms. The first-order valence-electron chi connectivity index (χ1n) is 8.40. The number of rotatable bonds is 7. The number of hydrogen-bond donors (Lipinski definition) is 1. The standard InChI is InChI=1S/C20H21Cl2NO4/c1-12-5-4-6-16(9-12)26-11-19(24)27-14(3)20(25)23-13(2)17-8-7-15(21)10-18(17)22/h4-10,13-14H,11H2,1-3H3,(H,23,25)/t13-,14+/m1/s1. The molecule has 2 aromatic rings. The van der Waals surface area contributed by atoms with E-state index < -0.39 is 18.0 Å². The average molecular weight is 410 g/mol. The van der Waals surface area contributed by atoms with Gasteiger partial charge in [0.25, 0.3) is 5.91 Å². The van der Waals surface area contributed by atoms with E-state index in [2.05, 4.69) is 5.32 Å². The third-order valence-electron chi connectivity index (χ3n) is 3.81. The molecule has 0 radical (unpaired) electrons. The summed E-state index contributed by atoms with van der Waals surface area (Å²) in [6.45, 7) is 4.92. The van der Waals surface area contributed by atoms with Crippen LogP contribution in [0.4, 0.5) is 0 Å². The fraction of sp³-hybridized carbons (Fsp3) is 0.300. The molecule has 2 atom stereocenters. The van der Waals surface area contributed by atoms with Gasteiger partial charge in [-0.25, -0.2) is 4.79 Å². The van der Waals surface area contributed by atoms with Crippen molar-refractivity contribution in [3.63, 3.8) is 0 Å². The average Bonchev–Trinajstić information content (AvgIpc) is 2.59. The zero-order valence-electron chi connectivity index (χ0n) is 15.3. The third-order valence-corrected chi connectivity index (χ3v) is 4.37. The summed E-state index contributed by atoms with van der Waals surface area (Å²) in [6, 6.07) is 12.0. The molecule has 0 saturated heterocycles. The van der Waals surface area contributed by atoms with Crippen molar-refractivity contribution in [2.75, 3.05) is 6.61 Å². The van der Waals surface area contributed by atoms with E-state index in [1.807, 2.05) is 19.1 Å². The molecule has 0 spiro atoms. The number of halogens is 2. The van der Waals surface area contributed by atoms with Crippen LogP contribution in [0.3, 0.4) is 0 Å². The number of benzene rings is 2. The van der Waals surface area contributed by atoms with Crippen LogP contribution in [0.2, 0.25) is 10.0 Å². The second kappa shape index (κ2) is 9.62. The molecule has 0 aliphatic carbocycles. The van der Waals surface area contributed by atoms with Crippen LogP contribution in [0.5, 0.6) is 5.75 Å². The number of amides is 1. The highest BCUT2D eigenvalue weighted by Crippen LogP contribution is 2.26. The normalized spacial score (nSPS) is 12.8. The highest BCUT2D eigenvalue weighted by Gasteiger charge is 2.21. The number of aryl methyl sites for hydroxylation is 1. The van der Waals surface area contributed by atoms with E-state index in [0.29, 0.717) is 15.8 Å². The predicted molar refractivity (Wildman–Crippen MR) is 105 cm³/mol. The van der Waals surface area contributed by atoms with Crippen molar-refractivity contribution in [2.24, 2.45) is 0 Å². The highest BCUT2D eigenvalue weighted by molar-refractivity contribution is 6.35. The van der Waals surface area contributed by atoms with Crippen molar-refractivity contribution >= 4 is 35.1 Å². The molecule has 0 saturated carbocycles. The molecule has 0 aromatic heterocycles. The largest absolute Gasteiger partial charge is 0.482 e. The van der Waals surface area contributed by atoms with E-state index >= 15 is 0 Å². The van der Waals surface area contributed by atoms with Crippen molar-refractivity contribution in [1.29, 1.82) is 0 Å². The minimum atomic E-state index is -0.966. The molecule has 7 heteroatoms. The Kier molecular flexibility index (Phi) is 7.51. The topological polar surface area (TPSA) is 64.6 Å². The van der Waals surface area contributed by atoms with Gasteiger partial charge in [-0.2, -0.15) is 0 Å². The van der Waals surface area contributed by atoms with Gasteiger partial charge in [0.15, 0.2) is 12.7 Å². The van der Waals surface area contributed by atoms with Crippen LogP contribution in [-0.4, -0.2) is 24.6 Å². The SMILES string of the molecule is Cc1cccc(OCC(=O)O[C@@H](C)C(=O)N[C@H](C)c2ccc(Cl)cc2Cl)c1. The Labute approximate surface area is 168 Å². The molecular weight excluding hydrogens is 389 g/mol. The van der Waals surface area contributed by atoms with Gasteiger partial charge in [0, 0.05) is 10.0 Å². The van der Waals surface area contributed by atoms with Crippen LogP contribution < -0.4 is 10.1 Å². The van der Waals surface area contributed by atoms with Gasteiger partial charge >= 0.3 is 5.97 Å². The highest BCUT2D eigenvalue weighted by atomic mass is 35.5. The van der Waals surface area contributed by atoms with Crippen LogP contribution in [0.1, 0.15) is 31.0 Å². The lowest BCUT2D eigenvalue weighted by molar-refractivity contribution is -0.156. The number of carbonyl (C=O) groups is 2. The van der Waals surface area contributed by atoms with Gasteiger partial charge in [0.05, 0.1) is 6.04 Å². The molecule has 0 aliphatic rings. The van der Waals surface area contributed by atoms with Crippen molar-refractivity contribution in [2.45, 2.75) is 32.9 Å². The fourth-order valence-corrected chi connectivity index (χ4v) is 2.97. The van der Waals surface area contributed by atoms with Crippen LogP contribution in [0, 0.1) is 6.92 Å². The molecule has 0 fully saturated rings. The first-order chi connectivity index (χ1) is 12.8. The lowest BCUT2D eigenvalue weighted by Crippen LogP contribution is -2.38. The molecule has 0 unspecified atom stereocenters. The predicted octanol–water partition coefficient (Wildman–Crippen LogP) is 4.49. The maximum absolute atomic E-state index is 12.3. The summed E-state index contributed by atoms with van der Waals surface area (Å²) in [4.78, 5) is 24.2. The zero-order chi connectivity index (χ0) is 20.0. The number of carbonyl (C=O) groups excluding carboxylic acids is 2. The molecule has 2 aromatic carbocycles. The number of hydrogen-bond acceptors (Lipinski definition) is 4. The number of esters is 1. The Morgan fingerprint density at radius 2 is 1.85 bits per heavy atom. The summed E-state index contributed by atoms with van der Waals surface area (Å²) in [5.41, 5.74) is 1.74. The molecule has 1 N–H and O–H groups in total. The lowest BCUT2D eigenvalue weighted by atomic mass is 10.1. The van der Waals surface area contributed by atoms with Crippen LogP contribution >= 0.6 is 23.2 Å². The van der Waals surface area contributed by atoms with E-state index in [0.717, 1.165) is 11.1 Å². The number of ether oxygens (including phenoxy) is 2. The monoisotopic (exact) mass is 409 g/mol. The maximum Gasteiger partial charge on any atom is 0.344 e. The Morgan fingerprint density at radius 3 is 2.52 bits per heavy atom. The summed E-state index contributed by atoms with van der Waals surface area (Å²) >= 11 is 12.0. The molecule has 144 valence electrons. The quantitative estimate of drug-likeness (QED) is 0.684. The first-order valence-corrected chi connectivity index (χ1v) is 9.16. The molecule has 1 amide bonds. The lowest BCUT2D eigenvalue weighted by Gasteiger charge is -2.19. The van der Waals surface area contributed by atoms with E-state index in [-0.39, 0.29) is 12.6 Å². The van der Waals surface area contributed by atoms with E-state index in [1.165, 1.54) is 6.92 Å². The van der Waals surface area contributed by atoms with E-state index in [1.54, 1.807) is 37.3 Å². The van der Waals surface area contributed by atoms with Gasteiger partial charge in [-0.15, -0.1) is 0 Å². The van der Waals surface area contributed by atoms with Crippen LogP contribution in [-0.2, 0) is 14.3 Å². The molecule has 5 nitrogen and oxygen atoms in total. The Balaban J connectivity index is 1.84. The van der Waals surface area contributed by atoms with Gasteiger partial charge in [-0.3, -0.25) is 4.79 Å². The molecular formula is C20H21Cl2NO4. The van der Waals surface area contributed by atoms with Gasteiger partial charge in [0.2, 0.25) is 0 Å². The van der Waals surface area contributed by atoms with Crippen molar-refractivity contribution < 1.29 is 19.1 Å². The van der Waals surface area contributed by atoms with Crippen molar-refractivity contribution in [3.05, 3.63) is 63.6 Å². The molecule has 0 aliphatic heterocycles. The summed E-state index contributed by atoms with van der Waals surface area (Å²) in [5.74, 6) is -0.496. The summed E-state index contributed by atoms with van der Waals surface area (Å²) in [6.07, 6.45) is -0.966. The molecule has 2 rings (SSSR count). The maximum atomic E-state index is 12.3. The van der Waals surface area contributed by atoms with Crippen molar-refractivity contribution in [1.82, 2.24) is 5.32 Å². The first kappa shape index (κ1) is 21.1. The van der Waals surface area contributed by atoms with E-state index in [4.69, 9.17) is 32.7 Å². The second-order valence-corrected chi connectivity index (χ2v) is 6.98. The minimum Gasteiger partial charge on any atom is -0.482 e. The van der Waals surface area contributed by atoms with Gasteiger partial charge in [-0.1, -0.05) is 41.4 Å². The second-order valence-electron chi connectivity index (χ2n) is 6.13. The Morgan fingerprint density at radius 1 is 1.11 bits per heavy atom. The van der Waals surface area contributed by atoms with E-state index in [9.17, 15) is 9.59 Å². The third kappa shape index (κ3) is 6.45. The number of nitrogens with one attached hydrogen (secondary N) is 1. The summed E-state index contributed by atoms with van der Waals surface area (Å²) < 4.78 is 10.5. The Hall–Kier alpha value is -2.24. The van der Waals surface area contributed by atoms with Crippen LogP contribution in [0.15, 0.2) is 42.5 Å². The van der Waals surface area contributed by atoms with Gasteiger partial charge < -0.3 is 14.8 Å². The molecule has 27 heavy (non-hydrogen) atoms. The fourth-order valence-electron chi connectivity index (χ4n) is 2.39. The van der Waals surface area contributed by atoms with Gasteiger partial charge in [0.1, 0.15) is 5.75 Å². The molecule has 0 heterocycles. The minimum absolute atomic E-state index is 0.278. The van der Waals surface area contributed by atoms with Crippen molar-refractivity contribution in [3.8, 4) is 5.75 Å². The smallest absolute Gasteiger partial charge is 0.344 e. The Bertz CT molecular complexity index is 825. The summed E-state index contributed by atoms with van der Waals surface area (Å²) in [5, 5.41) is 3.72.